The zero-order valence-corrected chi connectivity index (χ0v) is 8.27. The van der Waals surface area contributed by atoms with Gasteiger partial charge in [-0.15, -0.1) is 0 Å². The van der Waals surface area contributed by atoms with Crippen molar-refractivity contribution in [1.29, 1.82) is 0 Å². The third kappa shape index (κ3) is 3.47. The number of aliphatic carboxylic acids is 1. The van der Waals surface area contributed by atoms with E-state index < -0.39 is 5.97 Å². The van der Waals surface area contributed by atoms with Crippen molar-refractivity contribution in [1.82, 2.24) is 0 Å². The topological polar surface area (TPSA) is 76.0 Å². The van der Waals surface area contributed by atoms with Crippen LogP contribution in [-0.2, 0) is 16.1 Å². The third-order valence-corrected chi connectivity index (χ3v) is 1.78. The second-order valence-electron chi connectivity index (χ2n) is 2.88. The van der Waals surface area contributed by atoms with Gasteiger partial charge in [0.1, 0.15) is 18.1 Å². The summed E-state index contributed by atoms with van der Waals surface area (Å²) in [4.78, 5) is 10.2. The van der Waals surface area contributed by atoms with Crippen LogP contribution in [0, 0.1) is 0 Å². The lowest BCUT2D eigenvalue weighted by atomic mass is 10.2. The lowest BCUT2D eigenvalue weighted by Gasteiger charge is -2.06. The molecular weight excluding hydrogens is 200 g/mol. The Morgan fingerprint density at radius 3 is 2.73 bits per heavy atom. The summed E-state index contributed by atoms with van der Waals surface area (Å²) in [7, 11) is 1.50. The lowest BCUT2D eigenvalue weighted by molar-refractivity contribution is -0.142. The van der Waals surface area contributed by atoms with E-state index in [1.165, 1.54) is 13.2 Å². The van der Waals surface area contributed by atoms with Crippen molar-refractivity contribution >= 4 is 5.97 Å². The van der Waals surface area contributed by atoms with Crippen molar-refractivity contribution in [3.8, 4) is 11.5 Å². The predicted molar refractivity (Wildman–Crippen MR) is 52.0 cm³/mol. The molecule has 0 atom stereocenters. The van der Waals surface area contributed by atoms with Gasteiger partial charge in [-0.25, -0.2) is 4.79 Å². The van der Waals surface area contributed by atoms with Crippen LogP contribution < -0.4 is 4.74 Å². The molecule has 15 heavy (non-hydrogen) atoms. The molecule has 82 valence electrons. The monoisotopic (exact) mass is 212 g/mol. The standard InChI is InChI=1S/C10H12O5/c1-14-8-3-2-7(9(11)4-8)5-15-6-10(12)13/h2-4,11H,5-6H2,1H3,(H,12,13). The number of methoxy groups -OCH3 is 1. The number of carbonyl (C=O) groups is 1. The van der Waals surface area contributed by atoms with Gasteiger partial charge in [-0.2, -0.15) is 0 Å². The van der Waals surface area contributed by atoms with Crippen LogP contribution in [-0.4, -0.2) is 29.9 Å². The number of carboxylic acid groups (broad SMARTS) is 1. The summed E-state index contributed by atoms with van der Waals surface area (Å²) in [5.41, 5.74) is 0.525. The molecule has 0 bridgehead atoms. The average molecular weight is 212 g/mol. The molecule has 0 aliphatic heterocycles. The van der Waals surface area contributed by atoms with Crippen molar-refractivity contribution < 1.29 is 24.5 Å². The molecule has 5 heteroatoms. The molecule has 1 rings (SSSR count). The van der Waals surface area contributed by atoms with Crippen LogP contribution in [0.15, 0.2) is 18.2 Å². The van der Waals surface area contributed by atoms with Crippen molar-refractivity contribution in [3.63, 3.8) is 0 Å². The summed E-state index contributed by atoms with van der Waals surface area (Å²) in [6.07, 6.45) is 0. The fourth-order valence-corrected chi connectivity index (χ4v) is 1.04. The zero-order chi connectivity index (χ0) is 11.3. The molecule has 0 heterocycles. The smallest absolute Gasteiger partial charge is 0.329 e. The number of ether oxygens (including phenoxy) is 2. The number of phenolic OH excluding ortho intramolecular Hbond substituents is 1. The van der Waals surface area contributed by atoms with Crippen LogP contribution in [0.4, 0.5) is 0 Å². The first-order valence-electron chi connectivity index (χ1n) is 4.29. The normalized spacial score (nSPS) is 9.93. The first-order chi connectivity index (χ1) is 7.13. The average Bonchev–Trinajstić information content (AvgIpc) is 2.20. The maximum Gasteiger partial charge on any atom is 0.329 e. The first kappa shape index (κ1) is 11.3. The van der Waals surface area contributed by atoms with E-state index in [1.807, 2.05) is 0 Å². The first-order valence-corrected chi connectivity index (χ1v) is 4.29. The number of rotatable bonds is 5. The minimum atomic E-state index is -1.04. The van der Waals surface area contributed by atoms with Gasteiger partial charge in [0.25, 0.3) is 0 Å². The Hall–Kier alpha value is -1.75. The third-order valence-electron chi connectivity index (χ3n) is 1.78. The van der Waals surface area contributed by atoms with Crippen LogP contribution in [0.5, 0.6) is 11.5 Å². The maximum atomic E-state index is 10.2. The quantitative estimate of drug-likeness (QED) is 0.761. The summed E-state index contributed by atoms with van der Waals surface area (Å²) in [6.45, 7) is -0.326. The Morgan fingerprint density at radius 1 is 1.47 bits per heavy atom. The van der Waals surface area contributed by atoms with Gasteiger partial charge in [0.15, 0.2) is 0 Å². The van der Waals surface area contributed by atoms with Gasteiger partial charge in [-0.1, -0.05) is 0 Å². The van der Waals surface area contributed by atoms with E-state index in [1.54, 1.807) is 12.1 Å². The van der Waals surface area contributed by atoms with Crippen LogP contribution in [0.1, 0.15) is 5.56 Å². The minimum Gasteiger partial charge on any atom is -0.507 e. The van der Waals surface area contributed by atoms with Crippen molar-refractivity contribution in [3.05, 3.63) is 23.8 Å². The Labute approximate surface area is 86.9 Å². The van der Waals surface area contributed by atoms with Gasteiger partial charge in [0, 0.05) is 11.6 Å². The van der Waals surface area contributed by atoms with Gasteiger partial charge in [-0.05, 0) is 12.1 Å². The van der Waals surface area contributed by atoms with Gasteiger partial charge >= 0.3 is 5.97 Å². The Kier molecular flexibility index (Phi) is 3.93. The van der Waals surface area contributed by atoms with Gasteiger partial charge in [0.2, 0.25) is 0 Å². The van der Waals surface area contributed by atoms with E-state index in [0.717, 1.165) is 0 Å². The van der Waals surface area contributed by atoms with Crippen molar-refractivity contribution in [2.45, 2.75) is 6.61 Å². The largest absolute Gasteiger partial charge is 0.507 e. The van der Waals surface area contributed by atoms with E-state index in [2.05, 4.69) is 0 Å². The number of aromatic hydroxyl groups is 1. The van der Waals surface area contributed by atoms with Gasteiger partial charge in [-0.3, -0.25) is 0 Å². The Balaban J connectivity index is 2.58. The molecule has 0 aliphatic carbocycles. The lowest BCUT2D eigenvalue weighted by Crippen LogP contribution is -2.06. The Bertz CT molecular complexity index is 348. The highest BCUT2D eigenvalue weighted by Gasteiger charge is 2.04. The summed E-state index contributed by atoms with van der Waals surface area (Å²) in [6, 6.07) is 4.73. The molecule has 0 aliphatic rings. The second kappa shape index (κ2) is 5.21. The highest BCUT2D eigenvalue weighted by Crippen LogP contribution is 2.23. The second-order valence-corrected chi connectivity index (χ2v) is 2.88. The molecule has 0 saturated carbocycles. The molecule has 0 aromatic heterocycles. The maximum absolute atomic E-state index is 10.2. The van der Waals surface area contributed by atoms with E-state index in [4.69, 9.17) is 14.6 Å². The van der Waals surface area contributed by atoms with Crippen molar-refractivity contribution in [2.75, 3.05) is 13.7 Å². The van der Waals surface area contributed by atoms with Crippen molar-refractivity contribution in [2.24, 2.45) is 0 Å². The summed E-state index contributed by atoms with van der Waals surface area (Å²) in [5.74, 6) is -0.475. The number of carboxylic acids is 1. The van der Waals surface area contributed by atoms with Gasteiger partial charge < -0.3 is 19.7 Å². The fourth-order valence-electron chi connectivity index (χ4n) is 1.04. The van der Waals surface area contributed by atoms with Gasteiger partial charge in [0.05, 0.1) is 13.7 Å². The molecule has 0 unspecified atom stereocenters. The summed E-state index contributed by atoms with van der Waals surface area (Å²) in [5, 5.41) is 17.8. The molecule has 0 spiro atoms. The SMILES string of the molecule is COc1ccc(COCC(=O)O)c(O)c1. The van der Waals surface area contributed by atoms with Crippen LogP contribution in [0.25, 0.3) is 0 Å². The van der Waals surface area contributed by atoms with E-state index >= 15 is 0 Å². The predicted octanol–water partition coefficient (Wildman–Crippen LogP) is 1.00. The molecule has 1 aromatic rings. The molecule has 0 saturated heterocycles. The fraction of sp³-hybridized carbons (Fsp3) is 0.300. The molecule has 1 aromatic carbocycles. The Morgan fingerprint density at radius 2 is 2.20 bits per heavy atom. The minimum absolute atomic E-state index is 0.0275. The number of benzene rings is 1. The van der Waals surface area contributed by atoms with E-state index in [-0.39, 0.29) is 19.0 Å². The molecule has 0 radical (unpaired) electrons. The van der Waals surface area contributed by atoms with E-state index in [9.17, 15) is 9.90 Å². The number of hydrogen-bond acceptors (Lipinski definition) is 4. The summed E-state index contributed by atoms with van der Waals surface area (Å²) >= 11 is 0. The highest BCUT2D eigenvalue weighted by molar-refractivity contribution is 5.68. The number of hydrogen-bond donors (Lipinski definition) is 2. The molecule has 5 nitrogen and oxygen atoms in total. The van der Waals surface area contributed by atoms with Crippen LogP contribution in [0.3, 0.4) is 0 Å². The molecule has 0 fully saturated rings. The summed E-state index contributed by atoms with van der Waals surface area (Å²) < 4.78 is 9.73. The molecular formula is C10H12O5. The zero-order valence-electron chi connectivity index (χ0n) is 8.27. The number of phenols is 1. The van der Waals surface area contributed by atoms with Crippen LogP contribution in [0.2, 0.25) is 0 Å². The molecule has 2 N–H and O–H groups in total. The van der Waals surface area contributed by atoms with Crippen LogP contribution >= 0.6 is 0 Å². The van der Waals surface area contributed by atoms with E-state index in [0.29, 0.717) is 11.3 Å². The highest BCUT2D eigenvalue weighted by atomic mass is 16.5. The molecule has 0 amide bonds.